The summed E-state index contributed by atoms with van der Waals surface area (Å²) in [6, 6.07) is 5.98. The van der Waals surface area contributed by atoms with Crippen molar-refractivity contribution in [3.63, 3.8) is 0 Å². The fourth-order valence-corrected chi connectivity index (χ4v) is 2.60. The predicted molar refractivity (Wildman–Crippen MR) is 73.2 cm³/mol. The average molecular weight is 261 g/mol. The van der Waals surface area contributed by atoms with Crippen molar-refractivity contribution >= 4 is 17.1 Å². The van der Waals surface area contributed by atoms with Crippen LogP contribution < -0.4 is 4.74 Å². The van der Waals surface area contributed by atoms with E-state index in [0.717, 1.165) is 27.6 Å². The van der Waals surface area contributed by atoms with Gasteiger partial charge < -0.3 is 4.74 Å². The Morgan fingerprint density at radius 2 is 2.22 bits per heavy atom. The Labute approximate surface area is 110 Å². The molecule has 0 spiro atoms. The van der Waals surface area contributed by atoms with Crippen LogP contribution in [0.25, 0.3) is 10.6 Å². The summed E-state index contributed by atoms with van der Waals surface area (Å²) in [7, 11) is 1.66. The molecule has 0 amide bonds. The molecule has 3 nitrogen and oxygen atoms in total. The second-order valence-corrected chi connectivity index (χ2v) is 5.07. The van der Waals surface area contributed by atoms with Crippen molar-refractivity contribution in [2.45, 2.75) is 20.3 Å². The number of nitrogens with zero attached hydrogens (tertiary/aromatic N) is 1. The Balaban J connectivity index is 2.28. The molecule has 94 valence electrons. The van der Waals surface area contributed by atoms with E-state index in [1.807, 2.05) is 24.4 Å². The van der Waals surface area contributed by atoms with Gasteiger partial charge in [0, 0.05) is 17.4 Å². The van der Waals surface area contributed by atoms with E-state index in [9.17, 15) is 4.79 Å². The molecule has 0 fully saturated rings. The summed E-state index contributed by atoms with van der Waals surface area (Å²) < 4.78 is 5.23. The standard InChI is InChI=1S/C14H15NO2S/c1-9-6-11(4-5-13(9)17-3)14-15-12(8-18-14)7-10(2)16/h4-6,8H,7H2,1-3H3. The van der Waals surface area contributed by atoms with E-state index in [1.165, 1.54) is 0 Å². The van der Waals surface area contributed by atoms with E-state index in [-0.39, 0.29) is 5.78 Å². The molecule has 0 aliphatic heterocycles. The van der Waals surface area contributed by atoms with Crippen molar-refractivity contribution < 1.29 is 9.53 Å². The Bertz CT molecular complexity index is 575. The van der Waals surface area contributed by atoms with E-state index in [1.54, 1.807) is 25.4 Å². The normalized spacial score (nSPS) is 10.4. The molecule has 4 heteroatoms. The van der Waals surface area contributed by atoms with Gasteiger partial charge in [0.15, 0.2) is 0 Å². The van der Waals surface area contributed by atoms with Gasteiger partial charge in [-0.05, 0) is 37.6 Å². The molecule has 0 unspecified atom stereocenters. The van der Waals surface area contributed by atoms with Crippen LogP contribution in [-0.4, -0.2) is 17.9 Å². The molecule has 0 saturated carbocycles. The Hall–Kier alpha value is -1.68. The smallest absolute Gasteiger partial charge is 0.135 e. The second kappa shape index (κ2) is 5.31. The number of Topliss-reactive ketones (excluding diaryl/α,β-unsaturated/α-hetero) is 1. The highest BCUT2D eigenvalue weighted by atomic mass is 32.1. The molecule has 0 radical (unpaired) electrons. The first kappa shape index (κ1) is 12.8. The number of hydrogen-bond donors (Lipinski definition) is 0. The molecule has 1 aromatic heterocycles. The first-order valence-electron chi connectivity index (χ1n) is 5.69. The van der Waals surface area contributed by atoms with Gasteiger partial charge in [0.2, 0.25) is 0 Å². The highest BCUT2D eigenvalue weighted by Crippen LogP contribution is 2.28. The fraction of sp³-hybridized carbons (Fsp3) is 0.286. The predicted octanol–water partition coefficient (Wildman–Crippen LogP) is 3.26. The molecule has 1 heterocycles. The SMILES string of the molecule is COc1ccc(-c2nc(CC(C)=O)cs2)cc1C. The number of ketones is 1. The number of benzene rings is 1. The Morgan fingerprint density at radius 3 is 2.83 bits per heavy atom. The first-order chi connectivity index (χ1) is 8.60. The third-order valence-corrected chi connectivity index (χ3v) is 3.56. The minimum absolute atomic E-state index is 0.137. The summed E-state index contributed by atoms with van der Waals surface area (Å²) >= 11 is 1.56. The van der Waals surface area contributed by atoms with Gasteiger partial charge in [-0.25, -0.2) is 4.98 Å². The van der Waals surface area contributed by atoms with Crippen LogP contribution in [-0.2, 0) is 11.2 Å². The molecule has 0 bridgehead atoms. The van der Waals surface area contributed by atoms with Crippen molar-refractivity contribution in [3.05, 3.63) is 34.8 Å². The van der Waals surface area contributed by atoms with Gasteiger partial charge in [0.1, 0.15) is 16.5 Å². The summed E-state index contributed by atoms with van der Waals surface area (Å²) in [5.74, 6) is 1.01. The molecule has 0 N–H and O–H groups in total. The zero-order valence-electron chi connectivity index (χ0n) is 10.7. The number of aromatic nitrogens is 1. The summed E-state index contributed by atoms with van der Waals surface area (Å²) in [5, 5.41) is 2.88. The summed E-state index contributed by atoms with van der Waals surface area (Å²) in [6.45, 7) is 3.59. The van der Waals surface area contributed by atoms with E-state index < -0.39 is 0 Å². The topological polar surface area (TPSA) is 39.2 Å². The van der Waals surface area contributed by atoms with Crippen molar-refractivity contribution in [3.8, 4) is 16.3 Å². The van der Waals surface area contributed by atoms with Crippen LogP contribution >= 0.6 is 11.3 Å². The highest BCUT2D eigenvalue weighted by Gasteiger charge is 2.08. The van der Waals surface area contributed by atoms with Gasteiger partial charge >= 0.3 is 0 Å². The first-order valence-corrected chi connectivity index (χ1v) is 6.57. The fourth-order valence-electron chi connectivity index (χ4n) is 1.79. The number of aryl methyl sites for hydroxylation is 1. The lowest BCUT2D eigenvalue weighted by molar-refractivity contribution is -0.116. The van der Waals surface area contributed by atoms with Crippen LogP contribution in [0.5, 0.6) is 5.75 Å². The van der Waals surface area contributed by atoms with Gasteiger partial charge in [-0.2, -0.15) is 0 Å². The number of rotatable bonds is 4. The van der Waals surface area contributed by atoms with Gasteiger partial charge in [-0.3, -0.25) is 4.79 Å². The maximum absolute atomic E-state index is 11.0. The number of thiazole rings is 1. The maximum Gasteiger partial charge on any atom is 0.135 e. The highest BCUT2D eigenvalue weighted by molar-refractivity contribution is 7.13. The number of hydrogen-bond acceptors (Lipinski definition) is 4. The van der Waals surface area contributed by atoms with Crippen LogP contribution in [0.1, 0.15) is 18.2 Å². The summed E-state index contributed by atoms with van der Waals surface area (Å²) in [6.07, 6.45) is 0.408. The van der Waals surface area contributed by atoms with Crippen molar-refractivity contribution in [2.24, 2.45) is 0 Å². The minimum Gasteiger partial charge on any atom is -0.496 e. The van der Waals surface area contributed by atoms with Crippen molar-refractivity contribution in [2.75, 3.05) is 7.11 Å². The van der Waals surface area contributed by atoms with E-state index in [0.29, 0.717) is 6.42 Å². The number of ether oxygens (including phenoxy) is 1. The minimum atomic E-state index is 0.137. The number of carbonyl (C=O) groups is 1. The van der Waals surface area contributed by atoms with Crippen molar-refractivity contribution in [1.29, 1.82) is 0 Å². The van der Waals surface area contributed by atoms with E-state index in [4.69, 9.17) is 4.74 Å². The van der Waals surface area contributed by atoms with Crippen molar-refractivity contribution in [1.82, 2.24) is 4.98 Å². The molecule has 1 aromatic carbocycles. The second-order valence-electron chi connectivity index (χ2n) is 4.21. The number of methoxy groups -OCH3 is 1. The van der Waals surface area contributed by atoms with Gasteiger partial charge in [0.25, 0.3) is 0 Å². The van der Waals surface area contributed by atoms with Gasteiger partial charge in [-0.1, -0.05) is 0 Å². The quantitative estimate of drug-likeness (QED) is 0.848. The van der Waals surface area contributed by atoms with Crippen LogP contribution in [0, 0.1) is 6.92 Å². The lowest BCUT2D eigenvalue weighted by atomic mass is 10.1. The van der Waals surface area contributed by atoms with Crippen LogP contribution in [0.4, 0.5) is 0 Å². The van der Waals surface area contributed by atoms with Gasteiger partial charge in [-0.15, -0.1) is 11.3 Å². The van der Waals surface area contributed by atoms with E-state index >= 15 is 0 Å². The molecule has 0 aliphatic carbocycles. The van der Waals surface area contributed by atoms with E-state index in [2.05, 4.69) is 11.1 Å². The third kappa shape index (κ3) is 2.76. The summed E-state index contributed by atoms with van der Waals surface area (Å²) in [5.41, 5.74) is 2.99. The molecule has 18 heavy (non-hydrogen) atoms. The maximum atomic E-state index is 11.0. The molecule has 2 aromatic rings. The molecular formula is C14H15NO2S. The Morgan fingerprint density at radius 1 is 1.44 bits per heavy atom. The Kier molecular flexibility index (Phi) is 3.77. The molecule has 2 rings (SSSR count). The lowest BCUT2D eigenvalue weighted by Gasteiger charge is -2.05. The lowest BCUT2D eigenvalue weighted by Crippen LogP contribution is -1.96. The molecule has 0 aliphatic rings. The largest absolute Gasteiger partial charge is 0.496 e. The third-order valence-electron chi connectivity index (χ3n) is 2.62. The molecule has 0 atom stereocenters. The number of carbonyl (C=O) groups excluding carboxylic acids is 1. The van der Waals surface area contributed by atoms with Crippen LogP contribution in [0.15, 0.2) is 23.6 Å². The average Bonchev–Trinajstić information content (AvgIpc) is 2.76. The van der Waals surface area contributed by atoms with Crippen LogP contribution in [0.3, 0.4) is 0 Å². The molecule has 0 saturated heterocycles. The van der Waals surface area contributed by atoms with Crippen LogP contribution in [0.2, 0.25) is 0 Å². The summed E-state index contributed by atoms with van der Waals surface area (Å²) in [4.78, 5) is 15.5. The monoisotopic (exact) mass is 261 g/mol. The van der Waals surface area contributed by atoms with Gasteiger partial charge in [0.05, 0.1) is 12.8 Å². The molecular weight excluding hydrogens is 246 g/mol. The zero-order chi connectivity index (χ0) is 13.1. The zero-order valence-corrected chi connectivity index (χ0v) is 11.5.